The van der Waals surface area contributed by atoms with Crippen molar-refractivity contribution in [1.29, 1.82) is 0 Å². The second-order valence-electron chi connectivity index (χ2n) is 4.93. The van der Waals surface area contributed by atoms with Crippen LogP contribution in [0.1, 0.15) is 40.5 Å². The average Bonchev–Trinajstić information content (AvgIpc) is 2.30. The molecule has 1 unspecified atom stereocenters. The molecule has 0 aliphatic heterocycles. The highest BCUT2D eigenvalue weighted by Gasteiger charge is 2.21. The molecule has 0 fully saturated rings. The fourth-order valence-corrected chi connectivity index (χ4v) is 1.39. The molecular weight excluding hydrogens is 218 g/mol. The van der Waals surface area contributed by atoms with Crippen LogP contribution in [0.2, 0.25) is 0 Å². The molecule has 4 heteroatoms. The lowest BCUT2D eigenvalue weighted by molar-refractivity contribution is 0.0115. The third-order valence-corrected chi connectivity index (χ3v) is 2.63. The second-order valence-corrected chi connectivity index (χ2v) is 4.93. The van der Waals surface area contributed by atoms with E-state index in [-0.39, 0.29) is 18.2 Å². The summed E-state index contributed by atoms with van der Waals surface area (Å²) in [7, 11) is 0. The largest absolute Gasteiger partial charge is 0.394 e. The van der Waals surface area contributed by atoms with E-state index in [1.807, 2.05) is 20.8 Å². The predicted molar refractivity (Wildman–Crippen MR) is 70.3 cm³/mol. The molecule has 0 heterocycles. The molecule has 1 atom stereocenters. The van der Waals surface area contributed by atoms with Crippen molar-refractivity contribution in [2.75, 3.05) is 33.0 Å². The Labute approximate surface area is 106 Å². The SMILES string of the molecule is CCCNC(C)(CO)CCOCCOC(C)C. The lowest BCUT2D eigenvalue weighted by Gasteiger charge is -2.28. The van der Waals surface area contributed by atoms with Crippen molar-refractivity contribution < 1.29 is 14.6 Å². The van der Waals surface area contributed by atoms with Gasteiger partial charge in [0.25, 0.3) is 0 Å². The number of hydrogen-bond donors (Lipinski definition) is 2. The van der Waals surface area contributed by atoms with E-state index in [1.165, 1.54) is 0 Å². The summed E-state index contributed by atoms with van der Waals surface area (Å²) < 4.78 is 10.9. The molecule has 2 N–H and O–H groups in total. The average molecular weight is 247 g/mol. The minimum Gasteiger partial charge on any atom is -0.394 e. The van der Waals surface area contributed by atoms with Crippen LogP contribution < -0.4 is 5.32 Å². The van der Waals surface area contributed by atoms with E-state index in [0.29, 0.717) is 19.8 Å². The lowest BCUT2D eigenvalue weighted by atomic mass is 9.99. The van der Waals surface area contributed by atoms with Crippen LogP contribution in [0, 0.1) is 0 Å². The Bertz CT molecular complexity index is 176. The number of aliphatic hydroxyl groups is 1. The van der Waals surface area contributed by atoms with Crippen LogP contribution in [0.25, 0.3) is 0 Å². The van der Waals surface area contributed by atoms with E-state index >= 15 is 0 Å². The summed E-state index contributed by atoms with van der Waals surface area (Å²) in [5, 5.41) is 12.7. The Morgan fingerprint density at radius 1 is 1.24 bits per heavy atom. The number of ether oxygens (including phenoxy) is 2. The van der Waals surface area contributed by atoms with Crippen LogP contribution in [-0.2, 0) is 9.47 Å². The van der Waals surface area contributed by atoms with Crippen molar-refractivity contribution in [3.05, 3.63) is 0 Å². The first kappa shape index (κ1) is 16.8. The fourth-order valence-electron chi connectivity index (χ4n) is 1.39. The summed E-state index contributed by atoms with van der Waals surface area (Å²) in [6.45, 7) is 11.1. The maximum Gasteiger partial charge on any atom is 0.0703 e. The molecular formula is C13H29NO3. The van der Waals surface area contributed by atoms with E-state index in [0.717, 1.165) is 19.4 Å². The Morgan fingerprint density at radius 3 is 2.47 bits per heavy atom. The fraction of sp³-hybridized carbons (Fsp3) is 1.00. The van der Waals surface area contributed by atoms with Crippen LogP contribution in [0.3, 0.4) is 0 Å². The zero-order chi connectivity index (χ0) is 13.1. The van der Waals surface area contributed by atoms with Gasteiger partial charge < -0.3 is 19.9 Å². The minimum absolute atomic E-state index is 0.138. The van der Waals surface area contributed by atoms with Gasteiger partial charge in [-0.2, -0.15) is 0 Å². The van der Waals surface area contributed by atoms with E-state index in [1.54, 1.807) is 0 Å². The van der Waals surface area contributed by atoms with E-state index in [2.05, 4.69) is 12.2 Å². The molecule has 0 bridgehead atoms. The number of nitrogens with one attached hydrogen (secondary N) is 1. The third kappa shape index (κ3) is 9.53. The summed E-state index contributed by atoms with van der Waals surface area (Å²) in [5.41, 5.74) is -0.227. The van der Waals surface area contributed by atoms with Gasteiger partial charge in [-0.05, 0) is 40.2 Å². The maximum atomic E-state index is 9.34. The Kier molecular flexibility index (Phi) is 9.74. The third-order valence-electron chi connectivity index (χ3n) is 2.63. The van der Waals surface area contributed by atoms with Crippen molar-refractivity contribution in [2.45, 2.75) is 52.2 Å². The standard InChI is InChI=1S/C13H29NO3/c1-5-7-14-13(4,11-15)6-8-16-9-10-17-12(2)3/h12,14-15H,5-11H2,1-4H3. The van der Waals surface area contributed by atoms with Crippen molar-refractivity contribution in [3.8, 4) is 0 Å². The van der Waals surface area contributed by atoms with E-state index in [4.69, 9.17) is 9.47 Å². The first-order valence-corrected chi connectivity index (χ1v) is 6.59. The van der Waals surface area contributed by atoms with Crippen LogP contribution in [0.15, 0.2) is 0 Å². The molecule has 0 spiro atoms. The summed E-state index contributed by atoms with van der Waals surface area (Å²) in [5.74, 6) is 0. The summed E-state index contributed by atoms with van der Waals surface area (Å²) in [4.78, 5) is 0. The van der Waals surface area contributed by atoms with Gasteiger partial charge >= 0.3 is 0 Å². The Hall–Kier alpha value is -0.160. The quantitative estimate of drug-likeness (QED) is 0.544. The molecule has 0 rings (SSSR count). The van der Waals surface area contributed by atoms with Crippen LogP contribution >= 0.6 is 0 Å². The normalized spacial score (nSPS) is 15.2. The molecule has 0 amide bonds. The van der Waals surface area contributed by atoms with E-state index < -0.39 is 0 Å². The molecule has 4 nitrogen and oxygen atoms in total. The van der Waals surface area contributed by atoms with Crippen LogP contribution in [-0.4, -0.2) is 49.7 Å². The molecule has 0 aliphatic rings. The molecule has 17 heavy (non-hydrogen) atoms. The maximum absolute atomic E-state index is 9.34. The van der Waals surface area contributed by atoms with Gasteiger partial charge in [-0.1, -0.05) is 6.92 Å². The molecule has 0 aromatic rings. The molecule has 0 aromatic heterocycles. The monoisotopic (exact) mass is 247 g/mol. The van der Waals surface area contributed by atoms with Gasteiger partial charge in [0, 0.05) is 12.1 Å². The molecule has 0 saturated carbocycles. The topological polar surface area (TPSA) is 50.7 Å². The van der Waals surface area contributed by atoms with Crippen molar-refractivity contribution in [2.24, 2.45) is 0 Å². The minimum atomic E-state index is -0.227. The van der Waals surface area contributed by atoms with Crippen LogP contribution in [0.5, 0.6) is 0 Å². The number of aliphatic hydroxyl groups excluding tert-OH is 1. The van der Waals surface area contributed by atoms with E-state index in [9.17, 15) is 5.11 Å². The summed E-state index contributed by atoms with van der Waals surface area (Å²) in [6, 6.07) is 0. The highest BCUT2D eigenvalue weighted by molar-refractivity contribution is 4.81. The zero-order valence-corrected chi connectivity index (χ0v) is 11.8. The second kappa shape index (κ2) is 9.83. The van der Waals surface area contributed by atoms with Gasteiger partial charge in [0.15, 0.2) is 0 Å². The molecule has 0 saturated heterocycles. The summed E-state index contributed by atoms with van der Waals surface area (Å²) >= 11 is 0. The molecule has 0 aliphatic carbocycles. The van der Waals surface area contributed by atoms with Crippen molar-refractivity contribution in [1.82, 2.24) is 5.32 Å². The van der Waals surface area contributed by atoms with Gasteiger partial charge in [-0.3, -0.25) is 0 Å². The lowest BCUT2D eigenvalue weighted by Crippen LogP contribution is -2.47. The first-order valence-electron chi connectivity index (χ1n) is 6.59. The number of rotatable bonds is 11. The molecule has 104 valence electrons. The van der Waals surface area contributed by atoms with Gasteiger partial charge in [0.1, 0.15) is 0 Å². The predicted octanol–water partition coefficient (Wildman–Crippen LogP) is 1.57. The highest BCUT2D eigenvalue weighted by atomic mass is 16.5. The van der Waals surface area contributed by atoms with Gasteiger partial charge in [-0.15, -0.1) is 0 Å². The van der Waals surface area contributed by atoms with Crippen molar-refractivity contribution in [3.63, 3.8) is 0 Å². The Morgan fingerprint density at radius 2 is 1.94 bits per heavy atom. The highest BCUT2D eigenvalue weighted by Crippen LogP contribution is 2.08. The van der Waals surface area contributed by atoms with Crippen molar-refractivity contribution >= 4 is 0 Å². The van der Waals surface area contributed by atoms with Crippen LogP contribution in [0.4, 0.5) is 0 Å². The van der Waals surface area contributed by atoms with Gasteiger partial charge in [0.05, 0.1) is 25.9 Å². The van der Waals surface area contributed by atoms with Gasteiger partial charge in [0.2, 0.25) is 0 Å². The van der Waals surface area contributed by atoms with Gasteiger partial charge in [-0.25, -0.2) is 0 Å². The number of hydrogen-bond acceptors (Lipinski definition) is 4. The first-order chi connectivity index (χ1) is 8.04. The Balaban J connectivity index is 3.55. The smallest absolute Gasteiger partial charge is 0.0703 e. The summed E-state index contributed by atoms with van der Waals surface area (Å²) in [6.07, 6.45) is 2.14. The zero-order valence-electron chi connectivity index (χ0n) is 11.8. The molecule has 0 radical (unpaired) electrons. The molecule has 0 aromatic carbocycles.